The first-order chi connectivity index (χ1) is 8.03. The maximum Gasteiger partial charge on any atom is 0.407 e. The maximum absolute atomic E-state index is 11.6. The Balaban J connectivity index is 2.25. The van der Waals surface area contributed by atoms with Gasteiger partial charge in [-0.1, -0.05) is 31.2 Å². The fourth-order valence-corrected chi connectivity index (χ4v) is 2.64. The van der Waals surface area contributed by atoms with Crippen molar-refractivity contribution in [2.75, 3.05) is 6.54 Å². The lowest BCUT2D eigenvalue weighted by atomic mass is 9.73. The summed E-state index contributed by atoms with van der Waals surface area (Å²) in [6.45, 7) is 2.35. The number of carboxylic acid groups (broad SMARTS) is 1. The van der Waals surface area contributed by atoms with Gasteiger partial charge in [0, 0.05) is 24.8 Å². The lowest BCUT2D eigenvalue weighted by Crippen LogP contribution is -2.53. The van der Waals surface area contributed by atoms with Crippen LogP contribution < -0.4 is 0 Å². The van der Waals surface area contributed by atoms with Crippen molar-refractivity contribution in [1.82, 2.24) is 4.90 Å². The molecule has 0 bridgehead atoms. The van der Waals surface area contributed by atoms with Crippen LogP contribution in [0, 0.1) is 5.41 Å². The zero-order valence-electron chi connectivity index (χ0n) is 9.93. The number of amides is 1. The lowest BCUT2D eigenvalue weighted by molar-refractivity contribution is -0.124. The molecule has 0 radical (unpaired) electrons. The van der Waals surface area contributed by atoms with E-state index in [0.717, 1.165) is 6.42 Å². The first-order valence-electron chi connectivity index (χ1n) is 5.88. The van der Waals surface area contributed by atoms with Crippen LogP contribution in [0.3, 0.4) is 0 Å². The number of rotatable bonds is 1. The Hall–Kier alpha value is -1.58. The van der Waals surface area contributed by atoms with Gasteiger partial charge < -0.3 is 10.0 Å². The molecule has 1 aliphatic heterocycles. The van der Waals surface area contributed by atoms with Gasteiger partial charge in [0.25, 0.3) is 0 Å². The average Bonchev–Trinajstić information content (AvgIpc) is 2.29. The van der Waals surface area contributed by atoms with Crippen LogP contribution in [0.1, 0.15) is 26.2 Å². The van der Waals surface area contributed by atoms with Gasteiger partial charge in [-0.05, 0) is 6.42 Å². The fraction of sp³-hybridized carbons (Fsp3) is 0.538. The van der Waals surface area contributed by atoms with E-state index in [1.165, 1.54) is 4.90 Å². The van der Waals surface area contributed by atoms with Crippen LogP contribution in [0.5, 0.6) is 0 Å². The first-order valence-corrected chi connectivity index (χ1v) is 5.88. The molecule has 2 unspecified atom stereocenters. The number of likely N-dealkylation sites (tertiary alicyclic amines) is 1. The normalized spacial score (nSPS) is 32.9. The van der Waals surface area contributed by atoms with Crippen molar-refractivity contribution < 1.29 is 14.7 Å². The molecule has 4 nitrogen and oxygen atoms in total. The summed E-state index contributed by atoms with van der Waals surface area (Å²) in [6, 6.07) is -0.234. The summed E-state index contributed by atoms with van der Waals surface area (Å²) in [6.07, 6.45) is 8.47. The van der Waals surface area contributed by atoms with Crippen molar-refractivity contribution in [3.05, 3.63) is 24.3 Å². The lowest BCUT2D eigenvalue weighted by Gasteiger charge is -2.43. The molecule has 1 aliphatic carbocycles. The molecule has 1 heterocycles. The second-order valence-corrected chi connectivity index (χ2v) is 4.98. The quantitative estimate of drug-likeness (QED) is 0.758. The van der Waals surface area contributed by atoms with Crippen LogP contribution in [0.15, 0.2) is 24.3 Å². The second-order valence-electron chi connectivity index (χ2n) is 4.98. The van der Waals surface area contributed by atoms with E-state index in [9.17, 15) is 14.7 Å². The molecule has 17 heavy (non-hydrogen) atoms. The molecule has 1 fully saturated rings. The fourth-order valence-electron chi connectivity index (χ4n) is 2.64. The molecule has 2 atom stereocenters. The van der Waals surface area contributed by atoms with Gasteiger partial charge in [-0.3, -0.25) is 4.79 Å². The second kappa shape index (κ2) is 4.35. The summed E-state index contributed by atoms with van der Waals surface area (Å²) in [7, 11) is 0. The minimum Gasteiger partial charge on any atom is -0.465 e. The highest BCUT2D eigenvalue weighted by Crippen LogP contribution is 2.38. The van der Waals surface area contributed by atoms with E-state index in [-0.39, 0.29) is 17.2 Å². The highest BCUT2D eigenvalue weighted by Gasteiger charge is 2.41. The maximum atomic E-state index is 11.6. The van der Waals surface area contributed by atoms with E-state index < -0.39 is 6.09 Å². The van der Waals surface area contributed by atoms with Gasteiger partial charge in [0.1, 0.15) is 5.78 Å². The molecular formula is C13H17NO3. The number of allylic oxidation sites excluding steroid dienone is 3. The average molecular weight is 235 g/mol. The molecule has 1 N–H and O–H groups in total. The van der Waals surface area contributed by atoms with Crippen LogP contribution in [0.25, 0.3) is 0 Å². The molecule has 2 rings (SSSR count). The third-order valence-corrected chi connectivity index (χ3v) is 3.72. The highest BCUT2D eigenvalue weighted by molar-refractivity contribution is 5.82. The van der Waals surface area contributed by atoms with Gasteiger partial charge in [-0.2, -0.15) is 0 Å². The first kappa shape index (κ1) is 11.9. The van der Waals surface area contributed by atoms with Gasteiger partial charge >= 0.3 is 6.09 Å². The highest BCUT2D eigenvalue weighted by atomic mass is 16.4. The van der Waals surface area contributed by atoms with Gasteiger partial charge in [-0.15, -0.1) is 0 Å². The number of ketones is 1. The summed E-state index contributed by atoms with van der Waals surface area (Å²) in [5.41, 5.74) is -0.261. The molecule has 4 heteroatoms. The molecule has 1 amide bonds. The van der Waals surface area contributed by atoms with E-state index in [2.05, 4.69) is 0 Å². The number of piperidine rings is 1. The smallest absolute Gasteiger partial charge is 0.407 e. The minimum absolute atomic E-state index is 0.164. The Morgan fingerprint density at radius 1 is 1.53 bits per heavy atom. The Morgan fingerprint density at radius 2 is 2.29 bits per heavy atom. The number of hydrogen-bond acceptors (Lipinski definition) is 2. The van der Waals surface area contributed by atoms with Crippen LogP contribution >= 0.6 is 0 Å². The largest absolute Gasteiger partial charge is 0.465 e. The van der Waals surface area contributed by atoms with E-state index in [4.69, 9.17) is 0 Å². The monoisotopic (exact) mass is 235 g/mol. The van der Waals surface area contributed by atoms with Gasteiger partial charge in [0.2, 0.25) is 0 Å². The predicted molar refractivity (Wildman–Crippen MR) is 63.8 cm³/mol. The Morgan fingerprint density at radius 3 is 2.88 bits per heavy atom. The number of nitrogens with zero attached hydrogens (tertiary/aromatic N) is 1. The number of carbonyl (C=O) groups excluding carboxylic acids is 1. The molecule has 92 valence electrons. The van der Waals surface area contributed by atoms with Crippen molar-refractivity contribution in [3.8, 4) is 0 Å². The van der Waals surface area contributed by atoms with Crippen molar-refractivity contribution in [3.63, 3.8) is 0 Å². The SMILES string of the molecule is CC1(C2CC(=O)CCN2C(=O)O)C=CC=CC1. The van der Waals surface area contributed by atoms with E-state index in [1.807, 2.05) is 31.2 Å². The van der Waals surface area contributed by atoms with Crippen LogP contribution in [0.2, 0.25) is 0 Å². The van der Waals surface area contributed by atoms with Crippen LogP contribution in [0.4, 0.5) is 4.79 Å². The summed E-state index contributed by atoms with van der Waals surface area (Å²) < 4.78 is 0. The van der Waals surface area contributed by atoms with Crippen molar-refractivity contribution in [1.29, 1.82) is 0 Å². The molecule has 2 aliphatic rings. The Bertz CT molecular complexity index is 399. The summed E-state index contributed by atoms with van der Waals surface area (Å²) >= 11 is 0. The summed E-state index contributed by atoms with van der Waals surface area (Å²) in [5, 5.41) is 9.21. The van der Waals surface area contributed by atoms with E-state index >= 15 is 0 Å². The molecule has 0 aromatic heterocycles. The zero-order valence-corrected chi connectivity index (χ0v) is 9.93. The van der Waals surface area contributed by atoms with Crippen molar-refractivity contribution in [2.45, 2.75) is 32.2 Å². The Labute approximate surface area is 101 Å². The molecule has 0 aromatic carbocycles. The van der Waals surface area contributed by atoms with Gasteiger partial charge in [0.05, 0.1) is 6.04 Å². The van der Waals surface area contributed by atoms with E-state index in [1.54, 1.807) is 0 Å². The van der Waals surface area contributed by atoms with Crippen molar-refractivity contribution >= 4 is 11.9 Å². The number of hydrogen-bond donors (Lipinski definition) is 1. The molecule has 0 aromatic rings. The predicted octanol–water partition coefficient (Wildman–Crippen LogP) is 2.22. The molecule has 0 saturated carbocycles. The molecule has 1 saturated heterocycles. The van der Waals surface area contributed by atoms with Gasteiger partial charge in [-0.25, -0.2) is 4.79 Å². The molecular weight excluding hydrogens is 218 g/mol. The Kier molecular flexibility index (Phi) is 3.05. The van der Waals surface area contributed by atoms with Crippen LogP contribution in [-0.4, -0.2) is 34.5 Å². The zero-order chi connectivity index (χ0) is 12.5. The van der Waals surface area contributed by atoms with Crippen molar-refractivity contribution in [2.24, 2.45) is 5.41 Å². The topological polar surface area (TPSA) is 57.6 Å². The van der Waals surface area contributed by atoms with Crippen LogP contribution in [-0.2, 0) is 4.79 Å². The molecule has 0 spiro atoms. The minimum atomic E-state index is -0.924. The standard InChI is InChI=1S/C13H17NO3/c1-13(6-3-2-4-7-13)11-9-10(15)5-8-14(11)12(16)17/h2-4,6,11H,5,7-9H2,1H3,(H,16,17). The number of Topliss-reactive ketones (excluding diaryl/α,β-unsaturated/α-hetero) is 1. The number of carbonyl (C=O) groups is 2. The van der Waals surface area contributed by atoms with Gasteiger partial charge in [0.15, 0.2) is 0 Å². The van der Waals surface area contributed by atoms with E-state index in [0.29, 0.717) is 19.4 Å². The summed E-state index contributed by atoms with van der Waals surface area (Å²) in [5.74, 6) is 0.164. The third-order valence-electron chi connectivity index (χ3n) is 3.72. The summed E-state index contributed by atoms with van der Waals surface area (Å²) in [4.78, 5) is 24.2. The third kappa shape index (κ3) is 2.25.